The summed E-state index contributed by atoms with van der Waals surface area (Å²) in [6.07, 6.45) is 0. The van der Waals surface area contributed by atoms with E-state index in [0.717, 1.165) is 16.9 Å². The molecule has 2 aliphatic carbocycles. The standard InChI is InChI=1S/C49H27NO/c1-5-17-38-30(11-1)31-12-2-6-18-39(31)49(38)40-19-7-3-14-36(40)45-41(49)26-25-35-32-13-4-8-20-42(32)50(48(35)45)28-23-24-29-33-15-9-21-43-46(33)47-34(37(29)27-28)16-10-22-44(47)51-43/h1-27H. The summed E-state index contributed by atoms with van der Waals surface area (Å²) in [4.78, 5) is 0. The normalized spacial score (nSPS) is 14.0. The van der Waals surface area contributed by atoms with Crippen molar-refractivity contribution in [3.63, 3.8) is 0 Å². The van der Waals surface area contributed by atoms with Gasteiger partial charge in [0.25, 0.3) is 0 Å². The highest BCUT2D eigenvalue weighted by Gasteiger charge is 2.52. The Morgan fingerprint density at radius 1 is 0.392 bits per heavy atom. The molecule has 234 valence electrons. The molecule has 0 fully saturated rings. The highest BCUT2D eigenvalue weighted by atomic mass is 16.3. The molecule has 9 aromatic carbocycles. The van der Waals surface area contributed by atoms with Gasteiger partial charge in [0.05, 0.1) is 16.4 Å². The number of hydrogen-bond donors (Lipinski definition) is 0. The zero-order valence-corrected chi connectivity index (χ0v) is 27.4. The van der Waals surface area contributed by atoms with Crippen molar-refractivity contribution in [1.29, 1.82) is 0 Å². The molecule has 2 aromatic heterocycles. The molecule has 51 heavy (non-hydrogen) atoms. The van der Waals surface area contributed by atoms with Crippen LogP contribution >= 0.6 is 0 Å². The average molecular weight is 646 g/mol. The van der Waals surface area contributed by atoms with Crippen molar-refractivity contribution < 1.29 is 4.42 Å². The second kappa shape index (κ2) is 8.93. The first kappa shape index (κ1) is 26.3. The largest absolute Gasteiger partial charge is 0.456 e. The van der Waals surface area contributed by atoms with Gasteiger partial charge in [0.15, 0.2) is 0 Å². The van der Waals surface area contributed by atoms with Crippen molar-refractivity contribution in [2.75, 3.05) is 0 Å². The Hall–Kier alpha value is -6.64. The lowest BCUT2D eigenvalue weighted by Gasteiger charge is -2.30. The van der Waals surface area contributed by atoms with E-state index < -0.39 is 5.41 Å². The second-order valence-electron chi connectivity index (χ2n) is 14.3. The molecule has 13 rings (SSSR count). The minimum atomic E-state index is -0.392. The SMILES string of the molecule is c1ccc2c(c1)-c1ccccc1C21c2ccccc2-c2c1ccc1c3ccccc3n(-c3ccc4c(c3)c3cccc5oc6cccc4c6c53)c21. The molecule has 2 heteroatoms. The lowest BCUT2D eigenvalue weighted by atomic mass is 9.70. The Bertz CT molecular complexity index is 3270. The van der Waals surface area contributed by atoms with Crippen molar-refractivity contribution >= 4 is 65.3 Å². The molecule has 1 spiro atoms. The zero-order chi connectivity index (χ0) is 33.0. The van der Waals surface area contributed by atoms with Crippen LogP contribution in [0.5, 0.6) is 0 Å². The van der Waals surface area contributed by atoms with E-state index in [0.29, 0.717) is 0 Å². The molecule has 11 aromatic rings. The van der Waals surface area contributed by atoms with Crippen LogP contribution < -0.4 is 0 Å². The van der Waals surface area contributed by atoms with Gasteiger partial charge in [-0.3, -0.25) is 0 Å². The Labute approximate surface area is 292 Å². The van der Waals surface area contributed by atoms with E-state index in [9.17, 15) is 0 Å². The molecule has 0 bridgehead atoms. The van der Waals surface area contributed by atoms with Crippen LogP contribution in [0.2, 0.25) is 0 Å². The van der Waals surface area contributed by atoms with Crippen LogP contribution in [-0.2, 0) is 5.41 Å². The van der Waals surface area contributed by atoms with Crippen LogP contribution in [0.1, 0.15) is 22.3 Å². The molecule has 0 unspecified atom stereocenters. The van der Waals surface area contributed by atoms with E-state index in [1.807, 2.05) is 0 Å². The third-order valence-corrected chi connectivity index (χ3v) is 12.2. The van der Waals surface area contributed by atoms with Gasteiger partial charge in [0.2, 0.25) is 0 Å². The summed E-state index contributed by atoms with van der Waals surface area (Å²) in [7, 11) is 0. The third-order valence-electron chi connectivity index (χ3n) is 12.2. The minimum absolute atomic E-state index is 0.392. The predicted octanol–water partition coefficient (Wildman–Crippen LogP) is 12.8. The lowest BCUT2D eigenvalue weighted by Crippen LogP contribution is -2.25. The van der Waals surface area contributed by atoms with E-state index in [4.69, 9.17) is 4.42 Å². The minimum Gasteiger partial charge on any atom is -0.456 e. The third kappa shape index (κ3) is 2.92. The van der Waals surface area contributed by atoms with E-state index in [-0.39, 0.29) is 0 Å². The van der Waals surface area contributed by atoms with Crippen LogP contribution in [0.3, 0.4) is 0 Å². The number of hydrogen-bond acceptors (Lipinski definition) is 1. The van der Waals surface area contributed by atoms with Crippen molar-refractivity contribution in [3.05, 3.63) is 186 Å². The van der Waals surface area contributed by atoms with Gasteiger partial charge in [0.1, 0.15) is 11.2 Å². The van der Waals surface area contributed by atoms with Gasteiger partial charge in [-0.15, -0.1) is 0 Å². The average Bonchev–Trinajstić information content (AvgIpc) is 3.91. The molecule has 0 saturated heterocycles. The molecule has 0 N–H and O–H groups in total. The van der Waals surface area contributed by atoms with E-state index in [1.54, 1.807) is 0 Å². The monoisotopic (exact) mass is 645 g/mol. The van der Waals surface area contributed by atoms with Gasteiger partial charge in [-0.05, 0) is 90.8 Å². The molecule has 0 saturated carbocycles. The summed E-state index contributed by atoms with van der Waals surface area (Å²) < 4.78 is 8.92. The first-order valence-electron chi connectivity index (χ1n) is 17.8. The van der Waals surface area contributed by atoms with Gasteiger partial charge >= 0.3 is 0 Å². The second-order valence-corrected chi connectivity index (χ2v) is 14.3. The number of nitrogens with zero attached hydrogens (tertiary/aromatic N) is 1. The Morgan fingerprint density at radius 2 is 0.961 bits per heavy atom. The molecule has 0 radical (unpaired) electrons. The summed E-state index contributed by atoms with van der Waals surface area (Å²) >= 11 is 0. The summed E-state index contributed by atoms with van der Waals surface area (Å²) in [5.41, 5.74) is 15.9. The fraction of sp³-hybridized carbons (Fsp3) is 0.0204. The van der Waals surface area contributed by atoms with Crippen LogP contribution in [0, 0.1) is 0 Å². The molecular formula is C49H27NO. The van der Waals surface area contributed by atoms with Crippen molar-refractivity contribution in [2.24, 2.45) is 0 Å². The summed E-state index contributed by atoms with van der Waals surface area (Å²) in [6.45, 7) is 0. The first-order valence-corrected chi connectivity index (χ1v) is 17.8. The summed E-state index contributed by atoms with van der Waals surface area (Å²) in [6, 6.07) is 61.0. The highest BCUT2D eigenvalue weighted by molar-refractivity contribution is 6.33. The van der Waals surface area contributed by atoms with Crippen LogP contribution in [-0.4, -0.2) is 4.57 Å². The predicted molar refractivity (Wildman–Crippen MR) is 211 cm³/mol. The topological polar surface area (TPSA) is 18.1 Å². The quantitative estimate of drug-likeness (QED) is 0.163. The van der Waals surface area contributed by atoms with Crippen molar-refractivity contribution in [1.82, 2.24) is 4.57 Å². The van der Waals surface area contributed by atoms with Crippen molar-refractivity contribution in [2.45, 2.75) is 5.41 Å². The Kier molecular flexibility index (Phi) is 4.60. The summed E-state index contributed by atoms with van der Waals surface area (Å²) in [5, 5.41) is 9.94. The molecular weight excluding hydrogens is 619 g/mol. The van der Waals surface area contributed by atoms with Crippen LogP contribution in [0.15, 0.2) is 168 Å². The van der Waals surface area contributed by atoms with Gasteiger partial charge in [0, 0.05) is 32.8 Å². The molecule has 0 amide bonds. The lowest BCUT2D eigenvalue weighted by molar-refractivity contribution is 0.669. The van der Waals surface area contributed by atoms with Crippen LogP contribution in [0.4, 0.5) is 0 Å². The van der Waals surface area contributed by atoms with E-state index >= 15 is 0 Å². The number of fused-ring (bicyclic) bond motifs is 17. The summed E-state index contributed by atoms with van der Waals surface area (Å²) in [5.74, 6) is 0. The number of aromatic nitrogens is 1. The maximum atomic E-state index is 6.38. The first-order chi connectivity index (χ1) is 25.3. The van der Waals surface area contributed by atoms with Gasteiger partial charge < -0.3 is 8.98 Å². The highest BCUT2D eigenvalue weighted by Crippen LogP contribution is 2.64. The molecule has 2 nitrogen and oxygen atoms in total. The number of furan rings is 1. The molecule has 0 aliphatic heterocycles. The maximum absolute atomic E-state index is 6.38. The fourth-order valence-corrected chi connectivity index (χ4v) is 10.3. The van der Waals surface area contributed by atoms with Gasteiger partial charge in [-0.25, -0.2) is 0 Å². The van der Waals surface area contributed by atoms with Gasteiger partial charge in [-0.1, -0.05) is 133 Å². The van der Waals surface area contributed by atoms with Crippen LogP contribution in [0.25, 0.3) is 93.2 Å². The molecule has 0 atom stereocenters. The fourth-order valence-electron chi connectivity index (χ4n) is 10.3. The van der Waals surface area contributed by atoms with Gasteiger partial charge in [-0.2, -0.15) is 0 Å². The van der Waals surface area contributed by atoms with Crippen molar-refractivity contribution in [3.8, 4) is 27.9 Å². The number of rotatable bonds is 1. The zero-order valence-electron chi connectivity index (χ0n) is 27.4. The number of para-hydroxylation sites is 1. The molecule has 2 heterocycles. The number of benzene rings is 9. The molecule has 2 aliphatic rings. The Balaban J connectivity index is 1.21. The van der Waals surface area contributed by atoms with E-state index in [1.165, 1.54) is 98.6 Å². The Morgan fingerprint density at radius 3 is 1.69 bits per heavy atom. The van der Waals surface area contributed by atoms with E-state index in [2.05, 4.69) is 168 Å². The smallest absolute Gasteiger partial charge is 0.136 e. The maximum Gasteiger partial charge on any atom is 0.136 e.